The molecule has 6 nitrogen and oxygen atoms in total. The lowest BCUT2D eigenvalue weighted by molar-refractivity contribution is -0.145. The molecule has 0 aliphatic carbocycles. The van der Waals surface area contributed by atoms with Crippen molar-refractivity contribution < 1.29 is 14.3 Å². The SMILES string of the molecule is O=C(CCCOc1cccc(Br)c1)OCc1cc(=O)n2ccccc2n1. The van der Waals surface area contributed by atoms with E-state index >= 15 is 0 Å². The van der Waals surface area contributed by atoms with E-state index in [9.17, 15) is 9.59 Å². The van der Waals surface area contributed by atoms with Crippen molar-refractivity contribution in [3.05, 3.63) is 75.2 Å². The Bertz CT molecular complexity index is 971. The van der Waals surface area contributed by atoms with Crippen molar-refractivity contribution in [3.8, 4) is 5.75 Å². The van der Waals surface area contributed by atoms with Crippen LogP contribution in [0.3, 0.4) is 0 Å². The fourth-order valence-corrected chi connectivity index (χ4v) is 2.75. The number of fused-ring (bicyclic) bond motifs is 1. The molecule has 26 heavy (non-hydrogen) atoms. The summed E-state index contributed by atoms with van der Waals surface area (Å²) in [5, 5.41) is 0. The van der Waals surface area contributed by atoms with E-state index in [1.54, 1.807) is 24.4 Å². The molecule has 0 amide bonds. The minimum atomic E-state index is -0.349. The van der Waals surface area contributed by atoms with Gasteiger partial charge < -0.3 is 9.47 Å². The Morgan fingerprint density at radius 2 is 2.04 bits per heavy atom. The number of ether oxygens (including phenoxy) is 2. The van der Waals surface area contributed by atoms with Crippen molar-refractivity contribution in [2.45, 2.75) is 19.4 Å². The second-order valence-corrected chi connectivity index (χ2v) is 6.50. The third kappa shape index (κ3) is 4.92. The zero-order valence-corrected chi connectivity index (χ0v) is 15.5. The molecule has 3 aromatic rings. The highest BCUT2D eigenvalue weighted by Crippen LogP contribution is 2.17. The first-order valence-corrected chi connectivity index (χ1v) is 8.92. The molecule has 0 spiro atoms. The predicted octanol–water partition coefficient (Wildman–Crippen LogP) is 3.36. The number of hydrogen-bond donors (Lipinski definition) is 0. The molecule has 0 fully saturated rings. The summed E-state index contributed by atoms with van der Waals surface area (Å²) in [6, 6.07) is 14.2. The van der Waals surface area contributed by atoms with Crippen molar-refractivity contribution in [1.29, 1.82) is 0 Å². The molecule has 0 saturated carbocycles. The quantitative estimate of drug-likeness (QED) is 0.436. The Morgan fingerprint density at radius 3 is 2.88 bits per heavy atom. The van der Waals surface area contributed by atoms with Gasteiger partial charge in [0.15, 0.2) is 0 Å². The standard InChI is InChI=1S/C19H17BrN2O4/c20-14-5-3-6-16(11-14)25-10-4-8-19(24)26-13-15-12-18(23)22-9-2-1-7-17(22)21-15/h1-3,5-7,9,11-12H,4,8,10,13H2. The summed E-state index contributed by atoms with van der Waals surface area (Å²) in [4.78, 5) is 28.1. The molecule has 7 heteroatoms. The Morgan fingerprint density at radius 1 is 1.15 bits per heavy atom. The fourth-order valence-electron chi connectivity index (χ4n) is 2.37. The number of pyridine rings is 1. The van der Waals surface area contributed by atoms with Gasteiger partial charge in [0.1, 0.15) is 18.0 Å². The zero-order valence-electron chi connectivity index (χ0n) is 13.9. The van der Waals surface area contributed by atoms with E-state index in [2.05, 4.69) is 20.9 Å². The summed E-state index contributed by atoms with van der Waals surface area (Å²) in [6.45, 7) is 0.396. The zero-order chi connectivity index (χ0) is 18.4. The van der Waals surface area contributed by atoms with Crippen molar-refractivity contribution in [1.82, 2.24) is 9.38 Å². The monoisotopic (exact) mass is 416 g/mol. The first-order valence-electron chi connectivity index (χ1n) is 8.13. The van der Waals surface area contributed by atoms with Gasteiger partial charge in [0.25, 0.3) is 5.56 Å². The van der Waals surface area contributed by atoms with Gasteiger partial charge in [-0.15, -0.1) is 0 Å². The summed E-state index contributed by atoms with van der Waals surface area (Å²) in [5.74, 6) is 0.395. The lowest BCUT2D eigenvalue weighted by Gasteiger charge is -2.07. The predicted molar refractivity (Wildman–Crippen MR) is 100 cm³/mol. The van der Waals surface area contributed by atoms with Crippen LogP contribution >= 0.6 is 15.9 Å². The van der Waals surface area contributed by atoms with Gasteiger partial charge in [-0.2, -0.15) is 0 Å². The maximum Gasteiger partial charge on any atom is 0.306 e. The second-order valence-electron chi connectivity index (χ2n) is 5.58. The van der Waals surface area contributed by atoms with E-state index in [1.807, 2.05) is 24.3 Å². The molecule has 134 valence electrons. The van der Waals surface area contributed by atoms with Gasteiger partial charge in [0.05, 0.1) is 12.3 Å². The van der Waals surface area contributed by atoms with Crippen molar-refractivity contribution in [2.75, 3.05) is 6.61 Å². The smallest absolute Gasteiger partial charge is 0.306 e. The molecule has 0 radical (unpaired) electrons. The van der Waals surface area contributed by atoms with Gasteiger partial charge in [-0.05, 0) is 36.8 Å². The normalized spacial score (nSPS) is 10.7. The van der Waals surface area contributed by atoms with E-state index < -0.39 is 0 Å². The van der Waals surface area contributed by atoms with Crippen molar-refractivity contribution >= 4 is 27.5 Å². The number of hydrogen-bond acceptors (Lipinski definition) is 5. The third-order valence-electron chi connectivity index (χ3n) is 3.60. The molecule has 0 N–H and O–H groups in total. The lowest BCUT2D eigenvalue weighted by atomic mass is 10.3. The Labute approximate surface area is 158 Å². The summed E-state index contributed by atoms with van der Waals surface area (Å²) >= 11 is 3.37. The van der Waals surface area contributed by atoms with Gasteiger partial charge >= 0.3 is 5.97 Å². The molecule has 0 aliphatic heterocycles. The first kappa shape index (κ1) is 18.1. The average Bonchev–Trinajstić information content (AvgIpc) is 2.64. The molecular formula is C19H17BrN2O4. The first-order chi connectivity index (χ1) is 12.6. The number of aromatic nitrogens is 2. The molecule has 0 bridgehead atoms. The molecule has 1 aromatic carbocycles. The third-order valence-corrected chi connectivity index (χ3v) is 4.09. The van der Waals surface area contributed by atoms with Crippen LogP contribution in [0.5, 0.6) is 5.75 Å². The molecule has 2 aromatic heterocycles. The van der Waals surface area contributed by atoms with Crippen LogP contribution in [-0.4, -0.2) is 22.0 Å². The summed E-state index contributed by atoms with van der Waals surface area (Å²) in [6.07, 6.45) is 2.42. The highest BCUT2D eigenvalue weighted by Gasteiger charge is 2.07. The Kier molecular flexibility index (Phi) is 6.01. The molecule has 0 unspecified atom stereocenters. The van der Waals surface area contributed by atoms with Crippen LogP contribution in [0.25, 0.3) is 5.65 Å². The van der Waals surface area contributed by atoms with E-state index in [-0.39, 0.29) is 24.6 Å². The molecule has 0 atom stereocenters. The number of carbonyl (C=O) groups is 1. The van der Waals surface area contributed by atoms with Crippen LogP contribution in [0.1, 0.15) is 18.5 Å². The average molecular weight is 417 g/mol. The summed E-state index contributed by atoms with van der Waals surface area (Å²) in [5.41, 5.74) is 0.748. The molecule has 3 rings (SSSR count). The van der Waals surface area contributed by atoms with Crippen LogP contribution in [0.4, 0.5) is 0 Å². The minimum Gasteiger partial charge on any atom is -0.494 e. The van der Waals surface area contributed by atoms with Gasteiger partial charge in [0, 0.05) is 23.2 Å². The van der Waals surface area contributed by atoms with Crippen molar-refractivity contribution in [3.63, 3.8) is 0 Å². The number of nitrogens with zero attached hydrogens (tertiary/aromatic N) is 2. The fraction of sp³-hybridized carbons (Fsp3) is 0.211. The highest BCUT2D eigenvalue weighted by molar-refractivity contribution is 9.10. The summed E-state index contributed by atoms with van der Waals surface area (Å²) in [7, 11) is 0. The van der Waals surface area contributed by atoms with E-state index in [0.717, 1.165) is 10.2 Å². The Hall–Kier alpha value is -2.67. The van der Waals surface area contributed by atoms with Gasteiger partial charge in [-0.25, -0.2) is 4.98 Å². The largest absolute Gasteiger partial charge is 0.494 e. The number of benzene rings is 1. The maximum absolute atomic E-state index is 12.0. The second kappa shape index (κ2) is 8.62. The van der Waals surface area contributed by atoms with Gasteiger partial charge in [0.2, 0.25) is 0 Å². The number of carbonyl (C=O) groups excluding carboxylic acids is 1. The van der Waals surface area contributed by atoms with E-state index in [4.69, 9.17) is 9.47 Å². The van der Waals surface area contributed by atoms with Crippen LogP contribution < -0.4 is 10.3 Å². The van der Waals surface area contributed by atoms with Crippen LogP contribution in [0.2, 0.25) is 0 Å². The van der Waals surface area contributed by atoms with E-state index in [0.29, 0.717) is 24.4 Å². The van der Waals surface area contributed by atoms with Crippen LogP contribution in [0, 0.1) is 0 Å². The molecular weight excluding hydrogens is 400 g/mol. The molecule has 2 heterocycles. The number of halogens is 1. The van der Waals surface area contributed by atoms with Crippen LogP contribution in [-0.2, 0) is 16.1 Å². The summed E-state index contributed by atoms with van der Waals surface area (Å²) < 4.78 is 13.1. The van der Waals surface area contributed by atoms with Crippen molar-refractivity contribution in [2.24, 2.45) is 0 Å². The van der Waals surface area contributed by atoms with Crippen LogP contribution in [0.15, 0.2) is 64.0 Å². The van der Waals surface area contributed by atoms with Gasteiger partial charge in [-0.1, -0.05) is 28.1 Å². The number of esters is 1. The molecule has 0 aliphatic rings. The van der Waals surface area contributed by atoms with E-state index in [1.165, 1.54) is 10.5 Å². The lowest BCUT2D eigenvalue weighted by Crippen LogP contribution is -2.16. The Balaban J connectivity index is 1.45. The highest BCUT2D eigenvalue weighted by atomic mass is 79.9. The maximum atomic E-state index is 12.0. The topological polar surface area (TPSA) is 69.9 Å². The number of rotatable bonds is 7. The molecule has 0 saturated heterocycles. The minimum absolute atomic E-state index is 0.0219. The van der Waals surface area contributed by atoms with Gasteiger partial charge in [-0.3, -0.25) is 14.0 Å².